The standard InChI is InChI=1S/C13H17ClN2O2/c14-11-3-1-2-10(8-11)13(17)16-5-4-12-9-18-7-6-15-12/h1-3,8,12,15H,4-7,9H2,(H,16,17). The lowest BCUT2D eigenvalue weighted by Gasteiger charge is -2.23. The molecule has 0 spiro atoms. The number of halogens is 1. The van der Waals surface area contributed by atoms with Crippen molar-refractivity contribution >= 4 is 17.5 Å². The summed E-state index contributed by atoms with van der Waals surface area (Å²) >= 11 is 5.84. The molecule has 5 heteroatoms. The molecule has 1 aromatic rings. The Morgan fingerprint density at radius 2 is 2.44 bits per heavy atom. The predicted molar refractivity (Wildman–Crippen MR) is 71.0 cm³/mol. The molecular weight excluding hydrogens is 252 g/mol. The van der Waals surface area contributed by atoms with Gasteiger partial charge in [0.25, 0.3) is 5.91 Å². The third-order valence-corrected chi connectivity index (χ3v) is 3.10. The molecule has 0 saturated carbocycles. The highest BCUT2D eigenvalue weighted by molar-refractivity contribution is 6.30. The highest BCUT2D eigenvalue weighted by atomic mass is 35.5. The van der Waals surface area contributed by atoms with Crippen LogP contribution in [0.1, 0.15) is 16.8 Å². The summed E-state index contributed by atoms with van der Waals surface area (Å²) in [5.41, 5.74) is 0.593. The van der Waals surface area contributed by atoms with Crippen LogP contribution in [0.4, 0.5) is 0 Å². The minimum absolute atomic E-state index is 0.0887. The Balaban J connectivity index is 1.74. The molecule has 1 unspecified atom stereocenters. The van der Waals surface area contributed by atoms with Crippen molar-refractivity contribution in [2.45, 2.75) is 12.5 Å². The third-order valence-electron chi connectivity index (χ3n) is 2.86. The molecule has 1 amide bonds. The van der Waals surface area contributed by atoms with E-state index in [1.54, 1.807) is 24.3 Å². The van der Waals surface area contributed by atoms with Gasteiger partial charge in [0.05, 0.1) is 13.2 Å². The smallest absolute Gasteiger partial charge is 0.251 e. The molecule has 2 N–H and O–H groups in total. The maximum absolute atomic E-state index is 11.8. The fourth-order valence-electron chi connectivity index (χ4n) is 1.90. The summed E-state index contributed by atoms with van der Waals surface area (Å²) in [4.78, 5) is 11.8. The molecule has 18 heavy (non-hydrogen) atoms. The van der Waals surface area contributed by atoms with Gasteiger partial charge in [0, 0.05) is 29.7 Å². The topological polar surface area (TPSA) is 50.4 Å². The average Bonchev–Trinajstić information content (AvgIpc) is 2.40. The number of carbonyl (C=O) groups is 1. The molecule has 1 aliphatic heterocycles. The number of ether oxygens (including phenoxy) is 1. The van der Waals surface area contributed by atoms with Crippen LogP contribution in [-0.2, 0) is 4.74 Å². The van der Waals surface area contributed by atoms with E-state index in [4.69, 9.17) is 16.3 Å². The van der Waals surface area contributed by atoms with Crippen LogP contribution in [0, 0.1) is 0 Å². The van der Waals surface area contributed by atoms with Gasteiger partial charge in [-0.2, -0.15) is 0 Å². The number of morpholine rings is 1. The van der Waals surface area contributed by atoms with E-state index in [2.05, 4.69) is 10.6 Å². The second-order valence-electron chi connectivity index (χ2n) is 4.28. The van der Waals surface area contributed by atoms with Crippen molar-refractivity contribution < 1.29 is 9.53 Å². The number of hydrogen-bond acceptors (Lipinski definition) is 3. The van der Waals surface area contributed by atoms with Crippen LogP contribution in [0.5, 0.6) is 0 Å². The van der Waals surface area contributed by atoms with Crippen LogP contribution in [0.25, 0.3) is 0 Å². The van der Waals surface area contributed by atoms with Gasteiger partial charge in [-0.25, -0.2) is 0 Å². The molecular formula is C13H17ClN2O2. The highest BCUT2D eigenvalue weighted by Crippen LogP contribution is 2.10. The van der Waals surface area contributed by atoms with Crippen molar-refractivity contribution in [3.8, 4) is 0 Å². The fraction of sp³-hybridized carbons (Fsp3) is 0.462. The van der Waals surface area contributed by atoms with Crippen molar-refractivity contribution in [3.63, 3.8) is 0 Å². The number of hydrogen-bond donors (Lipinski definition) is 2. The van der Waals surface area contributed by atoms with E-state index in [0.29, 0.717) is 29.8 Å². The number of nitrogens with one attached hydrogen (secondary N) is 2. The first kappa shape index (κ1) is 13.3. The molecule has 1 aromatic carbocycles. The molecule has 2 rings (SSSR count). The third kappa shape index (κ3) is 3.98. The van der Waals surface area contributed by atoms with Crippen molar-refractivity contribution in [1.29, 1.82) is 0 Å². The lowest BCUT2D eigenvalue weighted by molar-refractivity contribution is 0.0733. The largest absolute Gasteiger partial charge is 0.379 e. The average molecular weight is 269 g/mol. The van der Waals surface area contributed by atoms with Gasteiger partial charge in [0.1, 0.15) is 0 Å². The normalized spacial score (nSPS) is 19.5. The van der Waals surface area contributed by atoms with Crippen molar-refractivity contribution in [2.75, 3.05) is 26.3 Å². The molecule has 0 radical (unpaired) electrons. The van der Waals surface area contributed by atoms with Gasteiger partial charge in [-0.05, 0) is 24.6 Å². The van der Waals surface area contributed by atoms with Gasteiger partial charge in [0.2, 0.25) is 0 Å². The Labute approximate surface area is 112 Å². The molecule has 1 saturated heterocycles. The summed E-state index contributed by atoms with van der Waals surface area (Å²) in [6.07, 6.45) is 0.867. The minimum Gasteiger partial charge on any atom is -0.379 e. The van der Waals surface area contributed by atoms with Gasteiger partial charge in [-0.1, -0.05) is 17.7 Å². The SMILES string of the molecule is O=C(NCCC1COCCN1)c1cccc(Cl)c1. The highest BCUT2D eigenvalue weighted by Gasteiger charge is 2.13. The maximum atomic E-state index is 11.8. The first-order valence-electron chi connectivity index (χ1n) is 6.10. The molecule has 98 valence electrons. The Bertz CT molecular complexity index is 406. The summed E-state index contributed by atoms with van der Waals surface area (Å²) < 4.78 is 5.35. The van der Waals surface area contributed by atoms with E-state index in [-0.39, 0.29) is 5.91 Å². The van der Waals surface area contributed by atoms with Crippen LogP contribution >= 0.6 is 11.6 Å². The number of benzene rings is 1. The van der Waals surface area contributed by atoms with Crippen LogP contribution < -0.4 is 10.6 Å². The summed E-state index contributed by atoms with van der Waals surface area (Å²) in [6, 6.07) is 7.27. The van der Waals surface area contributed by atoms with Gasteiger partial charge in [-0.15, -0.1) is 0 Å². The van der Waals surface area contributed by atoms with Crippen molar-refractivity contribution in [2.24, 2.45) is 0 Å². The zero-order valence-corrected chi connectivity index (χ0v) is 10.9. The predicted octanol–water partition coefficient (Wildman–Crippen LogP) is 1.45. The number of rotatable bonds is 4. The molecule has 0 bridgehead atoms. The van der Waals surface area contributed by atoms with Crippen molar-refractivity contribution in [1.82, 2.24) is 10.6 Å². The molecule has 0 aliphatic carbocycles. The molecule has 0 aromatic heterocycles. The van der Waals surface area contributed by atoms with Crippen LogP contribution in [-0.4, -0.2) is 38.3 Å². The summed E-state index contributed by atoms with van der Waals surface area (Å²) in [7, 11) is 0. The van der Waals surface area contributed by atoms with E-state index in [1.165, 1.54) is 0 Å². The Morgan fingerprint density at radius 3 is 3.17 bits per heavy atom. The monoisotopic (exact) mass is 268 g/mol. The Morgan fingerprint density at radius 1 is 1.56 bits per heavy atom. The van der Waals surface area contributed by atoms with Gasteiger partial charge >= 0.3 is 0 Å². The molecule has 1 fully saturated rings. The van der Waals surface area contributed by atoms with E-state index in [9.17, 15) is 4.79 Å². The van der Waals surface area contributed by atoms with Gasteiger partial charge < -0.3 is 15.4 Å². The summed E-state index contributed by atoms with van der Waals surface area (Å²) in [5.74, 6) is -0.0887. The zero-order valence-electron chi connectivity index (χ0n) is 10.1. The fourth-order valence-corrected chi connectivity index (χ4v) is 2.09. The van der Waals surface area contributed by atoms with Gasteiger partial charge in [-0.3, -0.25) is 4.79 Å². The lowest BCUT2D eigenvalue weighted by Crippen LogP contribution is -2.43. The van der Waals surface area contributed by atoms with E-state index in [0.717, 1.165) is 19.6 Å². The van der Waals surface area contributed by atoms with Crippen LogP contribution in [0.2, 0.25) is 5.02 Å². The zero-order chi connectivity index (χ0) is 12.8. The first-order valence-corrected chi connectivity index (χ1v) is 6.48. The molecule has 1 atom stereocenters. The van der Waals surface area contributed by atoms with E-state index >= 15 is 0 Å². The van der Waals surface area contributed by atoms with Crippen LogP contribution in [0.3, 0.4) is 0 Å². The van der Waals surface area contributed by atoms with Crippen LogP contribution in [0.15, 0.2) is 24.3 Å². The minimum atomic E-state index is -0.0887. The molecule has 1 heterocycles. The molecule has 1 aliphatic rings. The second-order valence-corrected chi connectivity index (χ2v) is 4.72. The quantitative estimate of drug-likeness (QED) is 0.869. The van der Waals surface area contributed by atoms with E-state index in [1.807, 2.05) is 0 Å². The Hall–Kier alpha value is -1.10. The second kappa shape index (κ2) is 6.73. The van der Waals surface area contributed by atoms with E-state index < -0.39 is 0 Å². The summed E-state index contributed by atoms with van der Waals surface area (Å²) in [5, 5.41) is 6.80. The lowest BCUT2D eigenvalue weighted by atomic mass is 10.2. The first-order chi connectivity index (χ1) is 8.75. The number of carbonyl (C=O) groups excluding carboxylic acids is 1. The number of amides is 1. The maximum Gasteiger partial charge on any atom is 0.251 e. The molecule has 4 nitrogen and oxygen atoms in total. The van der Waals surface area contributed by atoms with Crippen molar-refractivity contribution in [3.05, 3.63) is 34.9 Å². The summed E-state index contributed by atoms with van der Waals surface area (Å²) in [6.45, 7) is 3.00. The van der Waals surface area contributed by atoms with Gasteiger partial charge in [0.15, 0.2) is 0 Å². The Kier molecular flexibility index (Phi) is 4.99.